The van der Waals surface area contributed by atoms with Crippen LogP contribution in [0.25, 0.3) is 0 Å². The fourth-order valence-corrected chi connectivity index (χ4v) is 3.55. The number of nitrogens with zero attached hydrogens (tertiary/aromatic N) is 3. The highest BCUT2D eigenvalue weighted by atomic mass is 16.5. The molecule has 2 N–H and O–H groups in total. The maximum atomic E-state index is 13.2. The SMILES string of the molecule is COCCN(CC(N)=O)CC(=O)N1N=C(c2ccccc2)CC1c1ccc(OC)cc1. The molecule has 0 radical (unpaired) electrons. The average Bonchev–Trinajstić information content (AvgIpc) is 3.23. The van der Waals surface area contributed by atoms with Crippen molar-refractivity contribution in [3.63, 3.8) is 0 Å². The van der Waals surface area contributed by atoms with Crippen molar-refractivity contribution in [2.45, 2.75) is 12.5 Å². The molecule has 1 unspecified atom stereocenters. The van der Waals surface area contributed by atoms with Crippen molar-refractivity contribution in [2.75, 3.05) is 40.5 Å². The Kier molecular flexibility index (Phi) is 7.75. The summed E-state index contributed by atoms with van der Waals surface area (Å²) >= 11 is 0. The van der Waals surface area contributed by atoms with Crippen LogP contribution < -0.4 is 10.5 Å². The Bertz CT molecular complexity index is 915. The standard InChI is InChI=1S/C23H28N4O4/c1-30-13-12-26(15-22(24)28)16-23(29)27-21(18-8-10-19(31-2)11-9-18)14-20(25-27)17-6-4-3-5-7-17/h3-11,21H,12-16H2,1-2H3,(H2,24,28). The van der Waals surface area contributed by atoms with E-state index in [0.717, 1.165) is 22.6 Å². The van der Waals surface area contributed by atoms with Crippen molar-refractivity contribution >= 4 is 17.5 Å². The van der Waals surface area contributed by atoms with Gasteiger partial charge in [-0.05, 0) is 23.3 Å². The van der Waals surface area contributed by atoms with Crippen LogP contribution in [-0.2, 0) is 14.3 Å². The molecular formula is C23H28N4O4. The molecule has 2 aromatic rings. The van der Waals surface area contributed by atoms with Crippen LogP contribution in [0.4, 0.5) is 0 Å². The van der Waals surface area contributed by atoms with Gasteiger partial charge in [-0.3, -0.25) is 14.5 Å². The maximum absolute atomic E-state index is 13.2. The second-order valence-corrected chi connectivity index (χ2v) is 7.31. The molecule has 0 aromatic heterocycles. The first-order valence-corrected chi connectivity index (χ1v) is 10.1. The smallest absolute Gasteiger partial charge is 0.257 e. The highest BCUT2D eigenvalue weighted by Crippen LogP contribution is 2.33. The number of primary amides is 1. The third-order valence-electron chi connectivity index (χ3n) is 5.12. The zero-order chi connectivity index (χ0) is 22.2. The van der Waals surface area contributed by atoms with Crippen molar-refractivity contribution in [3.8, 4) is 5.75 Å². The first kappa shape index (κ1) is 22.5. The summed E-state index contributed by atoms with van der Waals surface area (Å²) < 4.78 is 10.3. The van der Waals surface area contributed by atoms with Crippen LogP contribution in [-0.4, -0.2) is 67.9 Å². The number of carbonyl (C=O) groups excluding carboxylic acids is 2. The number of ether oxygens (including phenoxy) is 2. The van der Waals surface area contributed by atoms with Gasteiger partial charge in [-0.15, -0.1) is 0 Å². The topological polar surface area (TPSA) is 97.5 Å². The number of hydrogen-bond acceptors (Lipinski definition) is 6. The molecule has 8 heteroatoms. The first-order chi connectivity index (χ1) is 15.0. The molecule has 1 heterocycles. The highest BCUT2D eigenvalue weighted by molar-refractivity contribution is 6.03. The number of amides is 2. The lowest BCUT2D eigenvalue weighted by Gasteiger charge is -2.26. The quantitative estimate of drug-likeness (QED) is 0.627. The summed E-state index contributed by atoms with van der Waals surface area (Å²) in [6.45, 7) is 0.804. The normalized spacial score (nSPS) is 15.8. The fourth-order valence-electron chi connectivity index (χ4n) is 3.55. The largest absolute Gasteiger partial charge is 0.497 e. The number of methoxy groups -OCH3 is 2. The van der Waals surface area contributed by atoms with Crippen LogP contribution in [0.1, 0.15) is 23.6 Å². The minimum Gasteiger partial charge on any atom is -0.497 e. The molecule has 0 saturated carbocycles. The summed E-state index contributed by atoms with van der Waals surface area (Å²) in [5.74, 6) is 0.0469. The molecule has 31 heavy (non-hydrogen) atoms. The van der Waals surface area contributed by atoms with Gasteiger partial charge in [-0.25, -0.2) is 5.01 Å². The molecule has 8 nitrogen and oxygen atoms in total. The number of hydrazone groups is 1. The van der Waals surface area contributed by atoms with E-state index >= 15 is 0 Å². The second kappa shape index (κ2) is 10.7. The van der Waals surface area contributed by atoms with E-state index in [9.17, 15) is 9.59 Å². The zero-order valence-corrected chi connectivity index (χ0v) is 17.9. The van der Waals surface area contributed by atoms with Gasteiger partial charge in [0.15, 0.2) is 0 Å². The molecule has 1 aliphatic rings. The predicted molar refractivity (Wildman–Crippen MR) is 118 cm³/mol. The Morgan fingerprint density at radius 2 is 1.81 bits per heavy atom. The molecule has 0 aliphatic carbocycles. The molecule has 164 valence electrons. The average molecular weight is 425 g/mol. The van der Waals surface area contributed by atoms with Gasteiger partial charge in [0.2, 0.25) is 5.91 Å². The van der Waals surface area contributed by atoms with Gasteiger partial charge in [-0.2, -0.15) is 5.10 Å². The van der Waals surface area contributed by atoms with E-state index in [4.69, 9.17) is 15.2 Å². The van der Waals surface area contributed by atoms with Gasteiger partial charge in [0, 0.05) is 20.1 Å². The van der Waals surface area contributed by atoms with Crippen molar-refractivity contribution in [1.29, 1.82) is 0 Å². The summed E-state index contributed by atoms with van der Waals surface area (Å²) in [5, 5.41) is 6.18. The molecule has 0 spiro atoms. The first-order valence-electron chi connectivity index (χ1n) is 10.1. The van der Waals surface area contributed by atoms with Crippen molar-refractivity contribution in [1.82, 2.24) is 9.91 Å². The third kappa shape index (κ3) is 5.90. The van der Waals surface area contributed by atoms with Crippen LogP contribution >= 0.6 is 0 Å². The van der Waals surface area contributed by atoms with Gasteiger partial charge >= 0.3 is 0 Å². The van der Waals surface area contributed by atoms with Gasteiger partial charge in [-0.1, -0.05) is 42.5 Å². The maximum Gasteiger partial charge on any atom is 0.257 e. The van der Waals surface area contributed by atoms with Gasteiger partial charge in [0.05, 0.1) is 38.6 Å². The van der Waals surface area contributed by atoms with E-state index in [-0.39, 0.29) is 25.0 Å². The van der Waals surface area contributed by atoms with Crippen molar-refractivity contribution in [3.05, 3.63) is 65.7 Å². The van der Waals surface area contributed by atoms with Crippen molar-refractivity contribution < 1.29 is 19.1 Å². The van der Waals surface area contributed by atoms with Crippen molar-refractivity contribution in [2.24, 2.45) is 10.8 Å². The second-order valence-electron chi connectivity index (χ2n) is 7.31. The summed E-state index contributed by atoms with van der Waals surface area (Å²) in [7, 11) is 3.19. The lowest BCUT2D eigenvalue weighted by atomic mass is 9.98. The molecule has 0 fully saturated rings. The van der Waals surface area contributed by atoms with Gasteiger partial charge < -0.3 is 15.2 Å². The summed E-state index contributed by atoms with van der Waals surface area (Å²) in [5.41, 5.74) is 8.13. The van der Waals surface area contributed by atoms with E-state index in [1.54, 1.807) is 19.1 Å². The number of nitrogens with two attached hydrogens (primary N) is 1. The Hall–Kier alpha value is -3.23. The molecule has 1 atom stereocenters. The lowest BCUT2D eigenvalue weighted by Crippen LogP contribution is -2.43. The number of rotatable bonds is 10. The molecular weight excluding hydrogens is 396 g/mol. The van der Waals surface area contributed by atoms with E-state index < -0.39 is 5.91 Å². The summed E-state index contributed by atoms with van der Waals surface area (Å²) in [6, 6.07) is 17.2. The van der Waals surface area contributed by atoms with Gasteiger partial charge in [0.25, 0.3) is 5.91 Å². The van der Waals surface area contributed by atoms with Crippen LogP contribution in [0.15, 0.2) is 59.7 Å². The van der Waals surface area contributed by atoms with E-state index in [1.165, 1.54) is 5.01 Å². The molecule has 1 aliphatic heterocycles. The Morgan fingerprint density at radius 1 is 1.10 bits per heavy atom. The molecule has 3 rings (SSSR count). The highest BCUT2D eigenvalue weighted by Gasteiger charge is 2.33. The van der Waals surface area contributed by atoms with E-state index in [2.05, 4.69) is 5.10 Å². The minimum absolute atomic E-state index is 0.0184. The fraction of sp³-hybridized carbons (Fsp3) is 0.348. The summed E-state index contributed by atoms with van der Waals surface area (Å²) in [6.07, 6.45) is 0.593. The zero-order valence-electron chi connectivity index (χ0n) is 17.9. The molecule has 2 aromatic carbocycles. The monoisotopic (exact) mass is 424 g/mol. The van der Waals surface area contributed by atoms with Crippen LogP contribution in [0.5, 0.6) is 5.75 Å². The third-order valence-corrected chi connectivity index (χ3v) is 5.12. The molecule has 2 amide bonds. The van der Waals surface area contributed by atoms with Crippen LogP contribution in [0.3, 0.4) is 0 Å². The lowest BCUT2D eigenvalue weighted by molar-refractivity contribution is -0.134. The Morgan fingerprint density at radius 3 is 2.42 bits per heavy atom. The van der Waals surface area contributed by atoms with Crippen LogP contribution in [0, 0.1) is 0 Å². The van der Waals surface area contributed by atoms with E-state index in [1.807, 2.05) is 54.6 Å². The Labute approximate surface area is 182 Å². The minimum atomic E-state index is -0.495. The number of carbonyl (C=O) groups is 2. The van der Waals surface area contributed by atoms with Crippen LogP contribution in [0.2, 0.25) is 0 Å². The number of hydrogen-bond donors (Lipinski definition) is 1. The molecule has 0 bridgehead atoms. The van der Waals surface area contributed by atoms with Gasteiger partial charge in [0.1, 0.15) is 5.75 Å². The summed E-state index contributed by atoms with van der Waals surface area (Å²) in [4.78, 5) is 26.4. The predicted octanol–water partition coefficient (Wildman–Crippen LogP) is 1.81. The van der Waals surface area contributed by atoms with E-state index in [0.29, 0.717) is 19.6 Å². The number of benzene rings is 2. The Balaban J connectivity index is 1.85. The molecule has 0 saturated heterocycles.